The molecule has 1 aromatic rings. The summed E-state index contributed by atoms with van der Waals surface area (Å²) < 4.78 is 0. The maximum Gasteiger partial charge on any atom is 0.314 e. The fourth-order valence-corrected chi connectivity index (χ4v) is 2.33. The number of urea groups is 1. The van der Waals surface area contributed by atoms with Crippen molar-refractivity contribution in [2.45, 2.75) is 38.7 Å². The zero-order valence-electron chi connectivity index (χ0n) is 13.1. The smallest absolute Gasteiger partial charge is 0.314 e. The average molecular weight is 290 g/mol. The van der Waals surface area contributed by atoms with E-state index in [0.29, 0.717) is 18.4 Å². The second-order valence-electron chi connectivity index (χ2n) is 6.59. The topological polar surface area (TPSA) is 61.4 Å². The van der Waals surface area contributed by atoms with E-state index in [4.69, 9.17) is 0 Å². The van der Waals surface area contributed by atoms with Gasteiger partial charge < -0.3 is 15.7 Å². The zero-order valence-corrected chi connectivity index (χ0v) is 13.1. The molecule has 0 radical (unpaired) electrons. The van der Waals surface area contributed by atoms with Gasteiger partial charge in [0.1, 0.15) is 0 Å². The second kappa shape index (κ2) is 6.48. The van der Waals surface area contributed by atoms with E-state index in [2.05, 4.69) is 34.9 Å². The van der Waals surface area contributed by atoms with Crippen molar-refractivity contribution in [1.29, 1.82) is 0 Å². The van der Waals surface area contributed by atoms with Crippen molar-refractivity contribution in [3.63, 3.8) is 0 Å². The number of amides is 2. The summed E-state index contributed by atoms with van der Waals surface area (Å²) >= 11 is 0. The Morgan fingerprint density at radius 3 is 2.62 bits per heavy atom. The van der Waals surface area contributed by atoms with Crippen molar-refractivity contribution in [2.75, 3.05) is 13.1 Å². The van der Waals surface area contributed by atoms with Crippen LogP contribution in [0.1, 0.15) is 38.7 Å². The van der Waals surface area contributed by atoms with Crippen molar-refractivity contribution in [3.8, 4) is 0 Å². The maximum absolute atomic E-state index is 11.8. The fraction of sp³-hybridized carbons (Fsp3) is 0.588. The third-order valence-electron chi connectivity index (χ3n) is 4.53. The van der Waals surface area contributed by atoms with Gasteiger partial charge in [-0.3, -0.25) is 0 Å². The van der Waals surface area contributed by atoms with Crippen LogP contribution in [-0.2, 0) is 0 Å². The molecule has 4 heteroatoms. The van der Waals surface area contributed by atoms with Gasteiger partial charge in [0, 0.05) is 13.1 Å². The largest absolute Gasteiger partial charge is 0.388 e. The van der Waals surface area contributed by atoms with Gasteiger partial charge in [-0.15, -0.1) is 0 Å². The molecule has 1 aliphatic carbocycles. The van der Waals surface area contributed by atoms with Gasteiger partial charge in [0.05, 0.1) is 5.60 Å². The summed E-state index contributed by atoms with van der Waals surface area (Å²) in [6.45, 7) is 6.57. The van der Waals surface area contributed by atoms with Crippen LogP contribution in [0.4, 0.5) is 4.79 Å². The number of hydrogen-bond donors (Lipinski definition) is 3. The standard InChI is InChI=1S/C17H26N2O2/c1-12(2)17(3,21)11-19-16(20)18-10-14-9-15(14)13-7-5-4-6-8-13/h4-8,12,14-15,21H,9-11H2,1-3H3,(H2,18,19,20). The third kappa shape index (κ3) is 4.46. The van der Waals surface area contributed by atoms with E-state index in [1.165, 1.54) is 5.56 Å². The van der Waals surface area contributed by atoms with Crippen molar-refractivity contribution >= 4 is 6.03 Å². The van der Waals surface area contributed by atoms with E-state index in [9.17, 15) is 9.90 Å². The molecule has 3 atom stereocenters. The Labute approximate surface area is 126 Å². The molecule has 1 fully saturated rings. The van der Waals surface area contributed by atoms with E-state index in [1.807, 2.05) is 19.9 Å². The normalized spacial score (nSPS) is 23.5. The Balaban J connectivity index is 1.67. The summed E-state index contributed by atoms with van der Waals surface area (Å²) in [7, 11) is 0. The number of hydrogen-bond acceptors (Lipinski definition) is 2. The summed E-state index contributed by atoms with van der Waals surface area (Å²) in [5.74, 6) is 1.21. The van der Waals surface area contributed by atoms with Gasteiger partial charge in [-0.2, -0.15) is 0 Å². The molecule has 3 unspecified atom stereocenters. The van der Waals surface area contributed by atoms with Gasteiger partial charge in [0.25, 0.3) is 0 Å². The first-order valence-electron chi connectivity index (χ1n) is 7.69. The van der Waals surface area contributed by atoms with Crippen LogP contribution in [0.5, 0.6) is 0 Å². The molecule has 1 saturated carbocycles. The van der Waals surface area contributed by atoms with Gasteiger partial charge in [0.15, 0.2) is 0 Å². The van der Waals surface area contributed by atoms with Crippen molar-refractivity contribution < 1.29 is 9.90 Å². The van der Waals surface area contributed by atoms with Gasteiger partial charge >= 0.3 is 6.03 Å². The Morgan fingerprint density at radius 2 is 2.00 bits per heavy atom. The zero-order chi connectivity index (χ0) is 15.5. The average Bonchev–Trinajstić information content (AvgIpc) is 3.23. The molecule has 2 rings (SSSR count). The predicted octanol–water partition coefficient (Wildman–Crippen LogP) is 2.50. The van der Waals surface area contributed by atoms with Gasteiger partial charge in [-0.25, -0.2) is 4.79 Å². The van der Waals surface area contributed by atoms with E-state index in [0.717, 1.165) is 6.42 Å². The molecule has 1 aliphatic rings. The highest BCUT2D eigenvalue weighted by Crippen LogP contribution is 2.46. The Bertz CT molecular complexity index is 471. The van der Waals surface area contributed by atoms with E-state index >= 15 is 0 Å². The maximum atomic E-state index is 11.8. The Kier molecular flexibility index (Phi) is 4.88. The van der Waals surface area contributed by atoms with Crippen molar-refractivity contribution in [2.24, 2.45) is 11.8 Å². The number of aliphatic hydroxyl groups is 1. The van der Waals surface area contributed by atoms with Crippen molar-refractivity contribution in [1.82, 2.24) is 10.6 Å². The molecular formula is C17H26N2O2. The number of rotatable bonds is 6. The van der Waals surface area contributed by atoms with Crippen LogP contribution in [0.2, 0.25) is 0 Å². The molecule has 0 aromatic heterocycles. The lowest BCUT2D eigenvalue weighted by Crippen LogP contribution is -2.47. The lowest BCUT2D eigenvalue weighted by atomic mass is 9.93. The van der Waals surface area contributed by atoms with E-state index in [1.54, 1.807) is 6.92 Å². The van der Waals surface area contributed by atoms with Gasteiger partial charge in [-0.1, -0.05) is 44.2 Å². The van der Waals surface area contributed by atoms with E-state index < -0.39 is 5.60 Å². The molecule has 21 heavy (non-hydrogen) atoms. The summed E-state index contributed by atoms with van der Waals surface area (Å²) in [4.78, 5) is 11.8. The predicted molar refractivity (Wildman–Crippen MR) is 84.2 cm³/mol. The summed E-state index contributed by atoms with van der Waals surface area (Å²) in [6, 6.07) is 10.2. The monoisotopic (exact) mass is 290 g/mol. The van der Waals surface area contributed by atoms with Crippen LogP contribution in [0.25, 0.3) is 0 Å². The highest BCUT2D eigenvalue weighted by Gasteiger charge is 2.38. The molecule has 4 nitrogen and oxygen atoms in total. The molecule has 0 saturated heterocycles. The third-order valence-corrected chi connectivity index (χ3v) is 4.53. The molecule has 0 heterocycles. The lowest BCUT2D eigenvalue weighted by Gasteiger charge is -2.27. The molecule has 116 valence electrons. The minimum atomic E-state index is -0.872. The van der Waals surface area contributed by atoms with Gasteiger partial charge in [0.2, 0.25) is 0 Å². The molecule has 0 aliphatic heterocycles. The SMILES string of the molecule is CC(C)C(C)(O)CNC(=O)NCC1CC1c1ccccc1. The highest BCUT2D eigenvalue weighted by atomic mass is 16.3. The lowest BCUT2D eigenvalue weighted by molar-refractivity contribution is 0.0166. The van der Waals surface area contributed by atoms with Crippen LogP contribution in [-0.4, -0.2) is 29.8 Å². The van der Waals surface area contributed by atoms with E-state index in [-0.39, 0.29) is 18.5 Å². The summed E-state index contributed by atoms with van der Waals surface area (Å²) in [6.07, 6.45) is 1.13. The van der Waals surface area contributed by atoms with Crippen molar-refractivity contribution in [3.05, 3.63) is 35.9 Å². The molecule has 1 aromatic carbocycles. The van der Waals surface area contributed by atoms with Gasteiger partial charge in [-0.05, 0) is 36.7 Å². The molecule has 2 amide bonds. The minimum absolute atomic E-state index is 0.101. The summed E-state index contributed by atoms with van der Waals surface area (Å²) in [5.41, 5.74) is 0.483. The first-order chi connectivity index (χ1) is 9.90. The number of carbonyl (C=O) groups excluding carboxylic acids is 1. The fourth-order valence-electron chi connectivity index (χ4n) is 2.33. The van der Waals surface area contributed by atoms with Crippen LogP contribution in [0, 0.1) is 11.8 Å². The highest BCUT2D eigenvalue weighted by molar-refractivity contribution is 5.73. The molecule has 0 bridgehead atoms. The Morgan fingerprint density at radius 1 is 1.33 bits per heavy atom. The summed E-state index contributed by atoms with van der Waals surface area (Å²) in [5, 5.41) is 15.7. The molecule has 0 spiro atoms. The second-order valence-corrected chi connectivity index (χ2v) is 6.59. The van der Waals surface area contributed by atoms with Crippen LogP contribution >= 0.6 is 0 Å². The Hall–Kier alpha value is -1.55. The minimum Gasteiger partial charge on any atom is -0.388 e. The molecule has 3 N–H and O–H groups in total. The molecular weight excluding hydrogens is 264 g/mol. The number of carbonyl (C=O) groups is 1. The quantitative estimate of drug-likeness (QED) is 0.754. The van der Waals surface area contributed by atoms with Crippen LogP contribution in [0.3, 0.4) is 0 Å². The number of benzene rings is 1. The first kappa shape index (κ1) is 15.8. The first-order valence-corrected chi connectivity index (χ1v) is 7.69. The number of nitrogens with one attached hydrogen (secondary N) is 2. The van der Waals surface area contributed by atoms with Crippen LogP contribution < -0.4 is 10.6 Å². The van der Waals surface area contributed by atoms with Crippen LogP contribution in [0.15, 0.2) is 30.3 Å².